The van der Waals surface area contributed by atoms with E-state index in [0.29, 0.717) is 33.9 Å². The van der Waals surface area contributed by atoms with Crippen LogP contribution in [0.25, 0.3) is 0 Å². The zero-order valence-electron chi connectivity index (χ0n) is 19.7. The molecule has 1 aromatic carbocycles. The number of anilines is 1. The molecule has 2 aromatic heterocycles. The van der Waals surface area contributed by atoms with Crippen molar-refractivity contribution in [3.05, 3.63) is 63.8 Å². The highest BCUT2D eigenvalue weighted by Crippen LogP contribution is 2.34. The average molecular weight is 551 g/mol. The number of nitrogens with one attached hydrogen (secondary N) is 1. The molecule has 0 aliphatic carbocycles. The number of benzene rings is 1. The Balaban J connectivity index is 1.70. The zero-order valence-corrected chi connectivity index (χ0v) is 22.1. The minimum absolute atomic E-state index is 0.0293. The molecule has 0 saturated heterocycles. The van der Waals surface area contributed by atoms with Gasteiger partial charge in [0.2, 0.25) is 5.91 Å². The lowest BCUT2D eigenvalue weighted by atomic mass is 10.1. The third-order valence-corrected chi connectivity index (χ3v) is 7.19. The summed E-state index contributed by atoms with van der Waals surface area (Å²) in [6, 6.07) is 6.94. The van der Waals surface area contributed by atoms with Crippen LogP contribution in [0, 0.1) is 6.92 Å². The second kappa shape index (κ2) is 12.6. The summed E-state index contributed by atoms with van der Waals surface area (Å²) in [5, 5.41) is 12.3. The molecule has 36 heavy (non-hydrogen) atoms. The van der Waals surface area contributed by atoms with Crippen molar-refractivity contribution < 1.29 is 28.6 Å². The van der Waals surface area contributed by atoms with E-state index in [2.05, 4.69) is 22.1 Å². The molecule has 0 unspecified atom stereocenters. The van der Waals surface area contributed by atoms with E-state index in [9.17, 15) is 14.4 Å². The summed E-state index contributed by atoms with van der Waals surface area (Å²) >= 11 is 8.00. The number of nitrogens with zero attached hydrogens (tertiary/aromatic N) is 3. The molecule has 0 spiro atoms. The fourth-order valence-corrected chi connectivity index (χ4v) is 5.08. The molecule has 13 heteroatoms. The topological polar surface area (TPSA) is 122 Å². The Morgan fingerprint density at radius 3 is 2.50 bits per heavy atom. The van der Waals surface area contributed by atoms with Crippen LogP contribution in [0.15, 0.2) is 42.1 Å². The van der Waals surface area contributed by atoms with Crippen molar-refractivity contribution in [1.29, 1.82) is 0 Å². The van der Waals surface area contributed by atoms with Gasteiger partial charge in [0.25, 0.3) is 0 Å². The molecule has 190 valence electrons. The summed E-state index contributed by atoms with van der Waals surface area (Å²) in [7, 11) is 2.46. The quantitative estimate of drug-likeness (QED) is 0.211. The largest absolute Gasteiger partial charge is 0.486 e. The fraction of sp³-hybridized carbons (Fsp3) is 0.261. The van der Waals surface area contributed by atoms with E-state index < -0.39 is 17.8 Å². The molecular weight excluding hydrogens is 528 g/mol. The third kappa shape index (κ3) is 6.45. The Kier molecular flexibility index (Phi) is 9.51. The van der Waals surface area contributed by atoms with E-state index in [4.69, 9.17) is 25.8 Å². The number of thiophene rings is 1. The van der Waals surface area contributed by atoms with Crippen LogP contribution in [0.1, 0.15) is 31.4 Å². The van der Waals surface area contributed by atoms with E-state index in [1.165, 1.54) is 14.2 Å². The number of methoxy groups -OCH3 is 2. The first-order valence-electron chi connectivity index (χ1n) is 10.4. The summed E-state index contributed by atoms with van der Waals surface area (Å²) in [5.74, 6) is -0.535. The maximum Gasteiger partial charge on any atom is 0.348 e. The van der Waals surface area contributed by atoms with Crippen LogP contribution in [0.5, 0.6) is 5.75 Å². The van der Waals surface area contributed by atoms with Gasteiger partial charge in [0.15, 0.2) is 11.0 Å². The molecule has 0 aliphatic heterocycles. The van der Waals surface area contributed by atoms with E-state index in [0.717, 1.165) is 23.1 Å². The van der Waals surface area contributed by atoms with Crippen molar-refractivity contribution >= 4 is 57.5 Å². The molecule has 10 nitrogen and oxygen atoms in total. The zero-order chi connectivity index (χ0) is 26.2. The summed E-state index contributed by atoms with van der Waals surface area (Å²) < 4.78 is 17.1. The van der Waals surface area contributed by atoms with Crippen molar-refractivity contribution in [2.45, 2.75) is 25.2 Å². The highest BCUT2D eigenvalue weighted by Gasteiger charge is 2.27. The van der Waals surface area contributed by atoms with Gasteiger partial charge in [0, 0.05) is 11.6 Å². The van der Waals surface area contributed by atoms with Gasteiger partial charge in [0.1, 0.15) is 22.2 Å². The third-order valence-electron chi connectivity index (χ3n) is 4.78. The van der Waals surface area contributed by atoms with E-state index in [-0.39, 0.29) is 27.8 Å². The van der Waals surface area contributed by atoms with Crippen molar-refractivity contribution in [3.8, 4) is 5.75 Å². The molecule has 1 amide bonds. The molecule has 0 saturated carbocycles. The monoisotopic (exact) mass is 550 g/mol. The van der Waals surface area contributed by atoms with Gasteiger partial charge in [-0.1, -0.05) is 29.4 Å². The molecule has 0 fully saturated rings. The summed E-state index contributed by atoms with van der Waals surface area (Å²) in [5.41, 5.74) is 0.482. The van der Waals surface area contributed by atoms with Gasteiger partial charge in [0.05, 0.1) is 25.5 Å². The lowest BCUT2D eigenvalue weighted by Crippen LogP contribution is -2.16. The first kappa shape index (κ1) is 27.2. The van der Waals surface area contributed by atoms with Crippen molar-refractivity contribution in [1.82, 2.24) is 14.8 Å². The molecule has 3 aromatic rings. The number of carbonyl (C=O) groups excluding carboxylic acids is 3. The Labute approximate surface area is 220 Å². The highest BCUT2D eigenvalue weighted by molar-refractivity contribution is 7.99. The van der Waals surface area contributed by atoms with Crippen molar-refractivity contribution in [2.24, 2.45) is 0 Å². The summed E-state index contributed by atoms with van der Waals surface area (Å²) in [4.78, 5) is 37.2. The van der Waals surface area contributed by atoms with Crippen LogP contribution in [-0.4, -0.2) is 52.6 Å². The van der Waals surface area contributed by atoms with Gasteiger partial charge in [-0.3, -0.25) is 9.36 Å². The van der Waals surface area contributed by atoms with Gasteiger partial charge in [-0.25, -0.2) is 9.59 Å². The number of hydrogen-bond donors (Lipinski definition) is 1. The molecule has 1 N–H and O–H groups in total. The van der Waals surface area contributed by atoms with Crippen LogP contribution >= 0.6 is 34.7 Å². The average Bonchev–Trinajstić information content (AvgIpc) is 3.41. The second-order valence-electron chi connectivity index (χ2n) is 7.12. The minimum atomic E-state index is -0.669. The van der Waals surface area contributed by atoms with Crippen LogP contribution in [0.4, 0.5) is 5.00 Å². The maximum absolute atomic E-state index is 12.7. The van der Waals surface area contributed by atoms with Gasteiger partial charge >= 0.3 is 11.9 Å². The van der Waals surface area contributed by atoms with Crippen LogP contribution in [0.2, 0.25) is 5.02 Å². The fourth-order valence-electron chi connectivity index (χ4n) is 3.05. The highest BCUT2D eigenvalue weighted by atomic mass is 35.5. The molecule has 0 radical (unpaired) electrons. The number of hydrogen-bond acceptors (Lipinski definition) is 10. The van der Waals surface area contributed by atoms with Gasteiger partial charge in [-0.05, 0) is 36.8 Å². The summed E-state index contributed by atoms with van der Waals surface area (Å²) in [6.45, 7) is 5.92. The molecular formula is C23H23ClN4O6S2. The molecule has 3 rings (SSSR count). The Morgan fingerprint density at radius 1 is 1.17 bits per heavy atom. The van der Waals surface area contributed by atoms with E-state index >= 15 is 0 Å². The minimum Gasteiger partial charge on any atom is -0.486 e. The molecule has 0 bridgehead atoms. The molecule has 0 aliphatic rings. The van der Waals surface area contributed by atoms with E-state index in [1.807, 2.05) is 0 Å². The number of halogens is 1. The number of carbonyl (C=O) groups is 3. The SMILES string of the molecule is C=CCn1c(COc2ccc(Cl)cc2)nnc1SCC(=O)Nc1sc(C(=O)OC)c(C)c1C(=O)OC. The Bertz CT molecular complexity index is 1270. The van der Waals surface area contributed by atoms with Gasteiger partial charge in [-0.2, -0.15) is 0 Å². The van der Waals surface area contributed by atoms with Crippen LogP contribution < -0.4 is 10.1 Å². The van der Waals surface area contributed by atoms with Crippen LogP contribution in [-0.2, 0) is 27.4 Å². The lowest BCUT2D eigenvalue weighted by molar-refractivity contribution is -0.113. The smallest absolute Gasteiger partial charge is 0.348 e. The first-order valence-corrected chi connectivity index (χ1v) is 12.6. The van der Waals surface area contributed by atoms with Crippen molar-refractivity contribution in [3.63, 3.8) is 0 Å². The molecule has 2 heterocycles. The number of amides is 1. The van der Waals surface area contributed by atoms with Crippen LogP contribution in [0.3, 0.4) is 0 Å². The van der Waals surface area contributed by atoms with Gasteiger partial charge in [-0.15, -0.1) is 28.1 Å². The predicted octanol–water partition coefficient (Wildman–Crippen LogP) is 4.37. The van der Waals surface area contributed by atoms with Gasteiger partial charge < -0.3 is 19.5 Å². The number of esters is 2. The second-order valence-corrected chi connectivity index (χ2v) is 9.52. The normalized spacial score (nSPS) is 10.6. The Hall–Kier alpha value is -3.35. The maximum atomic E-state index is 12.7. The lowest BCUT2D eigenvalue weighted by Gasteiger charge is -2.09. The summed E-state index contributed by atoms with van der Waals surface area (Å²) in [6.07, 6.45) is 1.69. The predicted molar refractivity (Wildman–Crippen MR) is 137 cm³/mol. The number of ether oxygens (including phenoxy) is 3. The molecule has 0 atom stereocenters. The number of aromatic nitrogens is 3. The number of rotatable bonds is 11. The van der Waals surface area contributed by atoms with Crippen molar-refractivity contribution in [2.75, 3.05) is 25.3 Å². The number of thioether (sulfide) groups is 1. The van der Waals surface area contributed by atoms with E-state index in [1.54, 1.807) is 41.8 Å². The Morgan fingerprint density at radius 2 is 1.86 bits per heavy atom. The first-order chi connectivity index (χ1) is 17.3. The standard InChI is InChI=1S/C23H23ClN4O6S2/c1-5-10-28-16(11-34-15-8-6-14(24)7-9-15)26-27-23(28)35-12-17(29)25-20-18(21(30)32-3)13(2)19(36-20)22(31)33-4/h5-9H,1,10-12H2,2-4H3,(H,25,29). The number of allylic oxidation sites excluding steroid dienone is 1.